The first-order valence-electron chi connectivity index (χ1n) is 34.2. The molecule has 10 rings (SSSR count). The molecule has 2 bridgehead atoms. The van der Waals surface area contributed by atoms with E-state index in [1.165, 1.54) is 19.3 Å². The second-order valence-corrected chi connectivity index (χ2v) is 34.6. The molecule has 3 aliphatic heterocycles. The van der Waals surface area contributed by atoms with Crippen molar-refractivity contribution >= 4 is 32.0 Å². The Morgan fingerprint density at radius 2 is 1.29 bits per heavy atom. The molecule has 12 atom stereocenters. The van der Waals surface area contributed by atoms with Gasteiger partial charge in [-0.1, -0.05) is 155 Å². The van der Waals surface area contributed by atoms with E-state index in [0.717, 1.165) is 98.9 Å². The van der Waals surface area contributed by atoms with E-state index in [9.17, 15) is 29.4 Å². The Hall–Kier alpha value is -4.70. The highest BCUT2D eigenvalue weighted by molar-refractivity contribution is 6.76. The lowest BCUT2D eigenvalue weighted by atomic mass is 9.45. The van der Waals surface area contributed by atoms with Crippen molar-refractivity contribution < 1.29 is 48.2 Å². The van der Waals surface area contributed by atoms with Crippen molar-refractivity contribution in [1.29, 1.82) is 0 Å². The number of ether oxygens (including phenoxy) is 1. The molecule has 0 spiro atoms. The smallest absolute Gasteiger partial charge is 0.326 e. The van der Waals surface area contributed by atoms with Crippen LogP contribution >= 0.6 is 0 Å². The maximum absolute atomic E-state index is 14.0. The van der Waals surface area contributed by atoms with Gasteiger partial charge in [-0.3, -0.25) is 28.9 Å². The van der Waals surface area contributed by atoms with E-state index in [1.54, 1.807) is 12.0 Å². The third kappa shape index (κ3) is 17.0. The molecule has 2 aromatic rings. The number of aliphatic hydroxyl groups is 2. The average Bonchev–Trinajstić information content (AvgIpc) is 0.898. The molecule has 18 heteroatoms. The first kappa shape index (κ1) is 71.2. The van der Waals surface area contributed by atoms with Gasteiger partial charge in [0.15, 0.2) is 8.32 Å². The molecule has 3 saturated heterocycles. The molecule has 2 aromatic carbocycles. The summed E-state index contributed by atoms with van der Waals surface area (Å²) in [6, 6.07) is 16.0. The summed E-state index contributed by atoms with van der Waals surface area (Å²) < 4.78 is 12.7. The molecule has 8 aliphatic rings. The lowest BCUT2D eigenvalue weighted by molar-refractivity contribution is -0.195. The van der Waals surface area contributed by atoms with Gasteiger partial charge in [-0.15, -0.1) is 0 Å². The molecule has 5 saturated carbocycles. The fourth-order valence-corrected chi connectivity index (χ4v) is 21.0. The Bertz CT molecular complexity index is 2870. The van der Waals surface area contributed by atoms with Crippen LogP contribution in [0.4, 0.5) is 0 Å². The number of likely N-dealkylation sites (N-methyl/N-ethyl adjacent to an activating group) is 2. The van der Waals surface area contributed by atoms with Gasteiger partial charge in [0.2, 0.25) is 17.7 Å². The molecule has 90 heavy (non-hydrogen) atoms. The Balaban J connectivity index is 0.000000232. The number of hydrogen-bond acceptors (Lipinski definition) is 14. The minimum absolute atomic E-state index is 0.00830. The molecule has 3 heterocycles. The molecule has 5 N–H and O–H groups in total. The Morgan fingerprint density at radius 1 is 0.767 bits per heavy atom. The minimum Gasteiger partial charge on any atom is -0.461 e. The third-order valence-electron chi connectivity index (χ3n) is 21.4. The summed E-state index contributed by atoms with van der Waals surface area (Å²) in [7, 11) is 5.52. The van der Waals surface area contributed by atoms with Crippen LogP contribution in [0.25, 0.3) is 0 Å². The number of aliphatic hydroxyl groups excluding tert-OH is 2. The van der Waals surface area contributed by atoms with E-state index in [-0.39, 0.29) is 54.5 Å². The van der Waals surface area contributed by atoms with Crippen LogP contribution in [0.1, 0.15) is 181 Å². The maximum atomic E-state index is 14.0. The number of rotatable bonds is 22. The Labute approximate surface area is 540 Å². The van der Waals surface area contributed by atoms with Crippen molar-refractivity contribution in [2.45, 2.75) is 243 Å². The summed E-state index contributed by atoms with van der Waals surface area (Å²) in [5, 5.41) is 34.2. The second kappa shape index (κ2) is 31.0. The normalized spacial score (nSPS) is 28.8. The standard InChI is InChI=1S/C36H54N4O5.C36H57N3O5Si/c1-23-28-18-27(35(28,3)4)19-29(23)37-34(44)33-32(24(2)42)30(22-41)45-40(33)20-26-12-10-11-25(17-26)13-16-36(14-8-7-9-15-36)38-31(43)21-39(5)6;1-9-10-21-45(26(2)3,27(4)5)42-25-31-33-28(6)43-35(41)34(33)39(44-31)23-30-16-14-15-29(22-30)17-20-36(18-12-11-13-19-36)37-32(40)24-38(7)8/h10-12,17,23-24,27-30,32-33,41-42H,7-9,14-15,18-22H2,1-6H3,(H,37,44)(H,38,43);14-16,22,26-28,31,33-34H,9-13,18-19,21,23-25H2,1-8H3,(H,37,40)/t23-,24-,27+,28-,29?,30-,32+,33-;28-,31-,33+,34-/m00/s1. The van der Waals surface area contributed by atoms with Gasteiger partial charge in [0, 0.05) is 23.1 Å². The zero-order valence-electron chi connectivity index (χ0n) is 57.0. The average molecular weight is 1260 g/mol. The monoisotopic (exact) mass is 1260 g/mol. The summed E-state index contributed by atoms with van der Waals surface area (Å²) in [6.45, 7) is 23.7. The second-order valence-electron chi connectivity index (χ2n) is 29.6. The van der Waals surface area contributed by atoms with Crippen LogP contribution in [-0.4, -0.2) is 170 Å². The molecule has 0 radical (unpaired) electrons. The van der Waals surface area contributed by atoms with Gasteiger partial charge in [-0.05, 0) is 156 Å². The highest BCUT2D eigenvalue weighted by Crippen LogP contribution is 2.61. The predicted octanol–water partition coefficient (Wildman–Crippen LogP) is 9.13. The number of amides is 3. The number of cyclic esters (lactones) is 1. The van der Waals surface area contributed by atoms with Crippen LogP contribution in [0.3, 0.4) is 0 Å². The SMILES string of the molecule is CCCC[Si](OC[C@@H]1ON(Cc2cccc(C#CC3(NC(=O)CN(C)C)CCCCC3)c2)[C@@H]2C(=O)O[C@@H](C)[C@H]12)(C(C)C)C(C)C.C[C@H](O)[C@@H]1[C@H](CO)ON(Cc2cccc(C#CC3(NC(=O)CN(C)C)CCCCC3)c2)[C@@H]1C(=O)NC1C[C@H]2C[C@@H]([C@@H]1C)C2(C)C. The van der Waals surface area contributed by atoms with Crippen molar-refractivity contribution in [3.63, 3.8) is 0 Å². The topological polar surface area (TPSA) is 195 Å². The minimum atomic E-state index is -2.04. The number of benzene rings is 2. The lowest BCUT2D eigenvalue weighted by Crippen LogP contribution is -2.62. The number of nitrogens with zero attached hydrogens (tertiary/aromatic N) is 4. The van der Waals surface area contributed by atoms with Crippen LogP contribution in [0, 0.1) is 58.7 Å². The zero-order chi connectivity index (χ0) is 65.3. The van der Waals surface area contributed by atoms with E-state index >= 15 is 0 Å². The van der Waals surface area contributed by atoms with E-state index in [0.29, 0.717) is 67.0 Å². The summed E-state index contributed by atoms with van der Waals surface area (Å²) in [6.07, 6.45) is 12.4. The number of hydroxylamine groups is 4. The van der Waals surface area contributed by atoms with Crippen molar-refractivity contribution in [1.82, 2.24) is 35.9 Å². The number of fused-ring (bicyclic) bond motifs is 3. The van der Waals surface area contributed by atoms with E-state index < -0.39 is 49.6 Å². The fourth-order valence-electron chi connectivity index (χ4n) is 16.3. The molecule has 8 fully saturated rings. The molecule has 1 unspecified atom stereocenters. The number of carbonyl (C=O) groups excluding carboxylic acids is 4. The highest BCUT2D eigenvalue weighted by atomic mass is 28.4. The Morgan fingerprint density at radius 3 is 1.76 bits per heavy atom. The maximum Gasteiger partial charge on any atom is 0.326 e. The van der Waals surface area contributed by atoms with E-state index in [1.807, 2.05) is 92.4 Å². The van der Waals surface area contributed by atoms with Crippen molar-refractivity contribution in [3.05, 3.63) is 70.8 Å². The summed E-state index contributed by atoms with van der Waals surface area (Å²) in [4.78, 5) is 68.9. The highest BCUT2D eigenvalue weighted by Gasteiger charge is 2.59. The first-order chi connectivity index (χ1) is 42.7. The summed E-state index contributed by atoms with van der Waals surface area (Å²) in [5.74, 6) is 14.2. The van der Waals surface area contributed by atoms with Gasteiger partial charge >= 0.3 is 5.97 Å². The van der Waals surface area contributed by atoms with Gasteiger partial charge in [0.25, 0.3) is 0 Å². The number of hydrogen-bond donors (Lipinski definition) is 5. The van der Waals surface area contributed by atoms with Gasteiger partial charge in [-0.2, -0.15) is 10.1 Å². The van der Waals surface area contributed by atoms with E-state index in [4.69, 9.17) is 18.8 Å². The predicted molar refractivity (Wildman–Crippen MR) is 354 cm³/mol. The third-order valence-corrected chi connectivity index (χ3v) is 27.2. The molecule has 5 aliphatic carbocycles. The van der Waals surface area contributed by atoms with Crippen molar-refractivity contribution in [2.24, 2.45) is 35.0 Å². The number of unbranched alkanes of at least 4 members (excludes halogenated alkanes) is 1. The van der Waals surface area contributed by atoms with Gasteiger partial charge < -0.3 is 45.1 Å². The van der Waals surface area contributed by atoms with Crippen LogP contribution < -0.4 is 16.0 Å². The summed E-state index contributed by atoms with van der Waals surface area (Å²) in [5.41, 5.74) is 3.91. The molecule has 498 valence electrons. The zero-order valence-corrected chi connectivity index (χ0v) is 58.0. The molecular weight excluding hydrogens is 1150 g/mol. The summed E-state index contributed by atoms with van der Waals surface area (Å²) >= 11 is 0. The number of carbonyl (C=O) groups is 4. The van der Waals surface area contributed by atoms with E-state index in [2.05, 4.69) is 101 Å². The Kier molecular flexibility index (Phi) is 24.5. The quantitative estimate of drug-likeness (QED) is 0.0426. The first-order valence-corrected chi connectivity index (χ1v) is 36.5. The van der Waals surface area contributed by atoms with Crippen LogP contribution in [-0.2, 0) is 51.1 Å². The molecule has 3 amide bonds. The van der Waals surface area contributed by atoms with Gasteiger partial charge in [-0.25, -0.2) is 0 Å². The van der Waals surface area contributed by atoms with Crippen molar-refractivity contribution in [3.8, 4) is 23.7 Å². The van der Waals surface area contributed by atoms with Crippen molar-refractivity contribution in [2.75, 3.05) is 54.5 Å². The van der Waals surface area contributed by atoms with Gasteiger partial charge in [0.1, 0.15) is 41.5 Å². The van der Waals surface area contributed by atoms with Gasteiger partial charge in [0.05, 0.1) is 51.4 Å². The van der Waals surface area contributed by atoms with Crippen LogP contribution in [0.15, 0.2) is 48.5 Å². The lowest BCUT2D eigenvalue weighted by Gasteiger charge is -2.62. The molecular formula is C72H111N7O10Si. The van der Waals surface area contributed by atoms with Crippen LogP contribution in [0.5, 0.6) is 0 Å². The largest absolute Gasteiger partial charge is 0.461 e. The number of esters is 1. The fraction of sp³-hybridized carbons (Fsp3) is 0.722. The van der Waals surface area contributed by atoms with Crippen LogP contribution in [0.2, 0.25) is 17.1 Å². The molecule has 17 nitrogen and oxygen atoms in total. The number of nitrogens with one attached hydrogen (secondary N) is 3. The molecule has 0 aromatic heterocycles.